The summed E-state index contributed by atoms with van der Waals surface area (Å²) in [6.07, 6.45) is 1.22. The predicted octanol–water partition coefficient (Wildman–Crippen LogP) is 2.13. The van der Waals surface area contributed by atoms with Gasteiger partial charge in [0.2, 0.25) is 0 Å². The van der Waals surface area contributed by atoms with Gasteiger partial charge in [0, 0.05) is 6.04 Å². The van der Waals surface area contributed by atoms with Gasteiger partial charge < -0.3 is 14.5 Å². The van der Waals surface area contributed by atoms with Gasteiger partial charge in [0.1, 0.15) is 11.3 Å². The molecule has 7 heteroatoms. The second-order valence-corrected chi connectivity index (χ2v) is 6.08. The van der Waals surface area contributed by atoms with Gasteiger partial charge in [-0.1, -0.05) is 23.9 Å². The Labute approximate surface area is 131 Å². The molecule has 3 rings (SSSR count). The maximum absolute atomic E-state index is 11.8. The summed E-state index contributed by atoms with van der Waals surface area (Å²) in [5, 5.41) is 3.21. The van der Waals surface area contributed by atoms with Gasteiger partial charge >= 0.3 is 5.97 Å². The van der Waals surface area contributed by atoms with Crippen molar-refractivity contribution >= 4 is 34.7 Å². The summed E-state index contributed by atoms with van der Waals surface area (Å²) in [7, 11) is 0. The lowest BCUT2D eigenvalue weighted by Gasteiger charge is -2.12. The van der Waals surface area contributed by atoms with Gasteiger partial charge in [-0.05, 0) is 31.9 Å². The molecular formula is C15H16N2O4S. The molecule has 1 aromatic carbocycles. The van der Waals surface area contributed by atoms with Crippen molar-refractivity contribution in [2.45, 2.75) is 37.1 Å². The Morgan fingerprint density at radius 2 is 2.23 bits per heavy atom. The zero-order valence-electron chi connectivity index (χ0n) is 12.1. The number of carbonyl (C=O) groups excluding carboxylic acids is 2. The van der Waals surface area contributed by atoms with Gasteiger partial charge in [0.25, 0.3) is 11.1 Å². The fourth-order valence-electron chi connectivity index (χ4n) is 1.86. The topological polar surface area (TPSA) is 81.4 Å². The van der Waals surface area contributed by atoms with E-state index in [-0.39, 0.29) is 17.7 Å². The van der Waals surface area contributed by atoms with Crippen molar-refractivity contribution in [2.24, 2.45) is 0 Å². The largest absolute Gasteiger partial charge is 0.452 e. The van der Waals surface area contributed by atoms with E-state index < -0.39 is 12.1 Å². The van der Waals surface area contributed by atoms with Crippen LogP contribution in [0.25, 0.3) is 11.1 Å². The molecule has 1 heterocycles. The minimum atomic E-state index is -0.780. The Bertz CT molecular complexity index is 663. The molecule has 1 aromatic heterocycles. The first-order valence-corrected chi connectivity index (χ1v) is 8.08. The lowest BCUT2D eigenvalue weighted by molar-refractivity contribution is -0.152. The first-order chi connectivity index (χ1) is 10.6. The number of para-hydroxylation sites is 2. The van der Waals surface area contributed by atoms with Gasteiger partial charge in [0.15, 0.2) is 11.7 Å². The number of esters is 1. The van der Waals surface area contributed by atoms with E-state index in [1.54, 1.807) is 6.92 Å². The van der Waals surface area contributed by atoms with E-state index in [1.165, 1.54) is 0 Å². The molecule has 1 N–H and O–H groups in total. The van der Waals surface area contributed by atoms with Crippen molar-refractivity contribution in [1.29, 1.82) is 0 Å². The van der Waals surface area contributed by atoms with Crippen LogP contribution in [-0.2, 0) is 14.3 Å². The SMILES string of the molecule is C[C@@H](OC(=O)CSc1nc2ccccc2o1)C(=O)NC1CC1. The van der Waals surface area contributed by atoms with Crippen LogP contribution in [0.2, 0.25) is 0 Å². The lowest BCUT2D eigenvalue weighted by Crippen LogP contribution is -2.37. The van der Waals surface area contributed by atoms with E-state index in [0.717, 1.165) is 30.1 Å². The molecule has 0 bridgehead atoms. The number of carbonyl (C=O) groups is 2. The first kappa shape index (κ1) is 14.9. The number of ether oxygens (including phenoxy) is 1. The second kappa shape index (κ2) is 6.39. The molecule has 0 spiro atoms. The van der Waals surface area contributed by atoms with E-state index in [0.29, 0.717) is 10.8 Å². The van der Waals surface area contributed by atoms with Gasteiger partial charge in [0.05, 0.1) is 0 Å². The summed E-state index contributed by atoms with van der Waals surface area (Å²) >= 11 is 1.15. The standard InChI is InChI=1S/C15H16N2O4S/c1-9(14(19)16-10-6-7-10)20-13(18)8-22-15-17-11-4-2-3-5-12(11)21-15/h2-5,9-10H,6-8H2,1H3,(H,16,19)/t9-/m1/s1. The molecule has 1 amide bonds. The Morgan fingerprint density at radius 1 is 1.45 bits per heavy atom. The second-order valence-electron chi connectivity index (χ2n) is 5.15. The fourth-order valence-corrected chi connectivity index (χ4v) is 2.49. The van der Waals surface area contributed by atoms with E-state index >= 15 is 0 Å². The number of benzene rings is 1. The predicted molar refractivity (Wildman–Crippen MR) is 81.5 cm³/mol. The number of hydrogen-bond donors (Lipinski definition) is 1. The highest BCUT2D eigenvalue weighted by molar-refractivity contribution is 7.99. The summed E-state index contributed by atoms with van der Waals surface area (Å²) in [5.41, 5.74) is 1.42. The number of oxazole rings is 1. The van der Waals surface area contributed by atoms with Crippen LogP contribution in [0.5, 0.6) is 0 Å². The van der Waals surface area contributed by atoms with Crippen LogP contribution in [0.15, 0.2) is 33.9 Å². The number of rotatable bonds is 6. The maximum atomic E-state index is 11.8. The zero-order chi connectivity index (χ0) is 15.5. The van der Waals surface area contributed by atoms with Crippen LogP contribution in [0.1, 0.15) is 19.8 Å². The van der Waals surface area contributed by atoms with Crippen molar-refractivity contribution in [2.75, 3.05) is 5.75 Å². The summed E-state index contributed by atoms with van der Waals surface area (Å²) in [4.78, 5) is 27.7. The Hall–Kier alpha value is -2.02. The molecule has 0 saturated heterocycles. The summed E-state index contributed by atoms with van der Waals surface area (Å²) in [5.74, 6) is -0.665. The third-order valence-corrected chi connectivity index (χ3v) is 3.99. The summed E-state index contributed by atoms with van der Waals surface area (Å²) < 4.78 is 10.6. The lowest BCUT2D eigenvalue weighted by atomic mass is 10.3. The maximum Gasteiger partial charge on any atom is 0.317 e. The average Bonchev–Trinajstić information content (AvgIpc) is 3.21. The van der Waals surface area contributed by atoms with Crippen molar-refractivity contribution in [3.05, 3.63) is 24.3 Å². The smallest absolute Gasteiger partial charge is 0.317 e. The van der Waals surface area contributed by atoms with Crippen LogP contribution >= 0.6 is 11.8 Å². The number of aromatic nitrogens is 1. The molecule has 0 radical (unpaired) electrons. The number of amides is 1. The number of nitrogens with one attached hydrogen (secondary N) is 1. The first-order valence-electron chi connectivity index (χ1n) is 7.10. The quantitative estimate of drug-likeness (QED) is 0.648. The van der Waals surface area contributed by atoms with Crippen molar-refractivity contribution in [1.82, 2.24) is 10.3 Å². The third-order valence-electron chi connectivity index (χ3n) is 3.19. The monoisotopic (exact) mass is 320 g/mol. The molecule has 1 saturated carbocycles. The van der Waals surface area contributed by atoms with Gasteiger partial charge in [-0.25, -0.2) is 4.98 Å². The number of fused-ring (bicyclic) bond motifs is 1. The van der Waals surface area contributed by atoms with Crippen molar-refractivity contribution < 1.29 is 18.7 Å². The van der Waals surface area contributed by atoms with E-state index in [1.807, 2.05) is 24.3 Å². The summed E-state index contributed by atoms with van der Waals surface area (Å²) in [6, 6.07) is 7.63. The van der Waals surface area contributed by atoms with Crippen LogP contribution in [0.3, 0.4) is 0 Å². The third kappa shape index (κ3) is 3.79. The van der Waals surface area contributed by atoms with Crippen molar-refractivity contribution in [3.63, 3.8) is 0 Å². The normalized spacial score (nSPS) is 15.5. The Morgan fingerprint density at radius 3 is 2.95 bits per heavy atom. The molecule has 1 aliphatic rings. The van der Waals surface area contributed by atoms with Crippen molar-refractivity contribution in [3.8, 4) is 0 Å². The molecule has 6 nitrogen and oxygen atoms in total. The van der Waals surface area contributed by atoms with Crippen LogP contribution in [-0.4, -0.2) is 34.8 Å². The van der Waals surface area contributed by atoms with E-state index in [9.17, 15) is 9.59 Å². The number of thioether (sulfide) groups is 1. The molecule has 1 atom stereocenters. The Kier molecular flexibility index (Phi) is 4.33. The average molecular weight is 320 g/mol. The highest BCUT2D eigenvalue weighted by atomic mass is 32.2. The molecule has 0 unspecified atom stereocenters. The minimum absolute atomic E-state index is 0.0495. The highest BCUT2D eigenvalue weighted by Crippen LogP contribution is 2.23. The summed E-state index contributed by atoms with van der Waals surface area (Å²) in [6.45, 7) is 1.57. The number of nitrogens with zero attached hydrogens (tertiary/aromatic N) is 1. The van der Waals surface area contributed by atoms with Gasteiger partial charge in [-0.3, -0.25) is 9.59 Å². The number of hydrogen-bond acceptors (Lipinski definition) is 6. The van der Waals surface area contributed by atoms with Gasteiger partial charge in [-0.15, -0.1) is 0 Å². The molecule has 1 fully saturated rings. The van der Waals surface area contributed by atoms with Crippen LogP contribution in [0.4, 0.5) is 0 Å². The molecule has 1 aliphatic carbocycles. The van der Waals surface area contributed by atoms with E-state index in [4.69, 9.17) is 9.15 Å². The molecule has 2 aromatic rings. The highest BCUT2D eigenvalue weighted by Gasteiger charge is 2.27. The minimum Gasteiger partial charge on any atom is -0.452 e. The molecule has 116 valence electrons. The molecule has 0 aliphatic heterocycles. The van der Waals surface area contributed by atoms with Crippen LogP contribution in [0, 0.1) is 0 Å². The van der Waals surface area contributed by atoms with E-state index in [2.05, 4.69) is 10.3 Å². The van der Waals surface area contributed by atoms with Gasteiger partial charge in [-0.2, -0.15) is 0 Å². The Balaban J connectivity index is 1.47. The zero-order valence-corrected chi connectivity index (χ0v) is 12.9. The van der Waals surface area contributed by atoms with Crippen LogP contribution < -0.4 is 5.32 Å². The fraction of sp³-hybridized carbons (Fsp3) is 0.400. The molecular weight excluding hydrogens is 304 g/mol. The molecule has 22 heavy (non-hydrogen) atoms.